The Balaban J connectivity index is 1.49. The summed E-state index contributed by atoms with van der Waals surface area (Å²) < 4.78 is 2.04. The molecule has 0 fully saturated rings. The van der Waals surface area contributed by atoms with Crippen LogP contribution in [0.4, 0.5) is 16.2 Å². The molecule has 0 bridgehead atoms. The highest BCUT2D eigenvalue weighted by Crippen LogP contribution is 2.21. The van der Waals surface area contributed by atoms with Crippen molar-refractivity contribution in [2.24, 2.45) is 7.05 Å². The van der Waals surface area contributed by atoms with Gasteiger partial charge in [0, 0.05) is 53.5 Å². The predicted octanol–water partition coefficient (Wildman–Crippen LogP) is 4.21. The number of rotatable bonds is 3. The predicted molar refractivity (Wildman–Crippen MR) is 99.6 cm³/mol. The van der Waals surface area contributed by atoms with Crippen LogP contribution in [0.25, 0.3) is 22.3 Å². The fraction of sp³-hybridized carbons (Fsp3) is 0.0526. The normalized spacial score (nSPS) is 10.8. The first-order valence-electron chi connectivity index (χ1n) is 7.92. The Kier molecular flexibility index (Phi) is 3.70. The lowest BCUT2D eigenvalue weighted by Gasteiger charge is -2.09. The van der Waals surface area contributed by atoms with Crippen LogP contribution < -0.4 is 10.6 Å². The summed E-state index contributed by atoms with van der Waals surface area (Å²) >= 11 is 0. The zero-order chi connectivity index (χ0) is 17.2. The van der Waals surface area contributed by atoms with Crippen molar-refractivity contribution in [1.29, 1.82) is 0 Å². The Hall–Kier alpha value is -3.54. The molecule has 0 unspecified atom stereocenters. The number of aromatic amines is 1. The van der Waals surface area contributed by atoms with Gasteiger partial charge in [-0.2, -0.15) is 0 Å². The highest BCUT2D eigenvalue weighted by atomic mass is 16.2. The van der Waals surface area contributed by atoms with Crippen LogP contribution in [0.1, 0.15) is 0 Å². The van der Waals surface area contributed by atoms with Gasteiger partial charge in [0.2, 0.25) is 0 Å². The van der Waals surface area contributed by atoms with Crippen molar-refractivity contribution in [3.63, 3.8) is 0 Å². The lowest BCUT2D eigenvalue weighted by Crippen LogP contribution is -2.19. The number of nitrogens with zero attached hydrogens (tertiary/aromatic N) is 2. The Labute approximate surface area is 144 Å². The van der Waals surface area contributed by atoms with Crippen LogP contribution in [0.2, 0.25) is 0 Å². The van der Waals surface area contributed by atoms with E-state index in [-0.39, 0.29) is 6.03 Å². The number of anilines is 2. The smallest absolute Gasteiger partial charge is 0.323 e. The largest absolute Gasteiger partial charge is 0.351 e. The first kappa shape index (κ1) is 15.0. The maximum Gasteiger partial charge on any atom is 0.323 e. The first-order chi connectivity index (χ1) is 12.2. The molecule has 2 aromatic heterocycles. The average molecular weight is 331 g/mol. The quantitative estimate of drug-likeness (QED) is 0.526. The minimum atomic E-state index is -0.285. The number of fused-ring (bicyclic) bond motifs is 1. The number of carbonyl (C=O) groups is 1. The number of aryl methyl sites for hydroxylation is 1. The molecule has 0 saturated heterocycles. The lowest BCUT2D eigenvalue weighted by atomic mass is 10.2. The summed E-state index contributed by atoms with van der Waals surface area (Å²) in [6.45, 7) is 0. The van der Waals surface area contributed by atoms with Gasteiger partial charge in [0.05, 0.1) is 0 Å². The molecular formula is C19H17N5O. The molecule has 0 atom stereocenters. The SMILES string of the molecule is Cn1ccc2cc(NC(=O)Nc3cccc(-c4ncc[nH]4)c3)ccc21. The van der Waals surface area contributed by atoms with Gasteiger partial charge in [-0.25, -0.2) is 9.78 Å². The zero-order valence-electron chi connectivity index (χ0n) is 13.7. The van der Waals surface area contributed by atoms with Crippen LogP contribution in [0, 0.1) is 0 Å². The molecule has 2 aromatic carbocycles. The maximum atomic E-state index is 12.3. The molecule has 6 heteroatoms. The van der Waals surface area contributed by atoms with Crippen LogP contribution in [0.5, 0.6) is 0 Å². The molecule has 3 N–H and O–H groups in total. The van der Waals surface area contributed by atoms with Gasteiger partial charge >= 0.3 is 6.03 Å². The van der Waals surface area contributed by atoms with E-state index in [1.807, 2.05) is 66.3 Å². The minimum Gasteiger partial charge on any atom is -0.351 e. The van der Waals surface area contributed by atoms with E-state index in [0.717, 1.165) is 28.0 Å². The zero-order valence-corrected chi connectivity index (χ0v) is 13.7. The van der Waals surface area contributed by atoms with Crippen molar-refractivity contribution in [3.8, 4) is 11.4 Å². The second-order valence-corrected chi connectivity index (χ2v) is 5.80. The molecule has 0 radical (unpaired) electrons. The van der Waals surface area contributed by atoms with E-state index in [1.54, 1.807) is 12.4 Å². The van der Waals surface area contributed by atoms with Crippen LogP contribution in [0.3, 0.4) is 0 Å². The second kappa shape index (κ2) is 6.16. The fourth-order valence-electron chi connectivity index (χ4n) is 2.82. The monoisotopic (exact) mass is 331 g/mol. The molecule has 0 spiro atoms. The number of nitrogens with one attached hydrogen (secondary N) is 3. The van der Waals surface area contributed by atoms with E-state index < -0.39 is 0 Å². The summed E-state index contributed by atoms with van der Waals surface area (Å²) in [5, 5.41) is 6.80. The summed E-state index contributed by atoms with van der Waals surface area (Å²) in [4.78, 5) is 19.5. The number of benzene rings is 2. The lowest BCUT2D eigenvalue weighted by molar-refractivity contribution is 0.262. The summed E-state index contributed by atoms with van der Waals surface area (Å²) in [5.74, 6) is 0.763. The third kappa shape index (κ3) is 3.10. The van der Waals surface area contributed by atoms with E-state index in [2.05, 4.69) is 20.6 Å². The summed E-state index contributed by atoms with van der Waals surface area (Å²) in [6, 6.07) is 15.1. The Morgan fingerprint density at radius 2 is 1.92 bits per heavy atom. The number of urea groups is 1. The molecule has 2 amide bonds. The van der Waals surface area contributed by atoms with Crippen LogP contribution in [0.15, 0.2) is 67.1 Å². The Morgan fingerprint density at radius 1 is 1.08 bits per heavy atom. The van der Waals surface area contributed by atoms with Crippen LogP contribution >= 0.6 is 0 Å². The van der Waals surface area contributed by atoms with Gasteiger partial charge in [-0.3, -0.25) is 0 Å². The number of hydrogen-bond acceptors (Lipinski definition) is 2. The molecule has 4 rings (SSSR count). The van der Waals surface area contributed by atoms with E-state index >= 15 is 0 Å². The molecule has 0 saturated carbocycles. The number of amides is 2. The maximum absolute atomic E-state index is 12.3. The molecular weight excluding hydrogens is 314 g/mol. The van der Waals surface area contributed by atoms with Gasteiger partial charge in [0.15, 0.2) is 0 Å². The third-order valence-electron chi connectivity index (χ3n) is 4.04. The summed E-state index contributed by atoms with van der Waals surface area (Å²) in [6.07, 6.45) is 5.46. The van der Waals surface area contributed by atoms with Crippen LogP contribution in [-0.4, -0.2) is 20.6 Å². The van der Waals surface area contributed by atoms with Crippen molar-refractivity contribution in [2.75, 3.05) is 10.6 Å². The standard InChI is InChI=1S/C19H17N5O/c1-24-10-7-13-11-16(5-6-17(13)24)23-19(25)22-15-4-2-3-14(12-15)18-20-8-9-21-18/h2-12H,1H3,(H,20,21)(H2,22,23,25). The first-order valence-corrected chi connectivity index (χ1v) is 7.92. The van der Waals surface area contributed by atoms with Crippen molar-refractivity contribution in [3.05, 3.63) is 67.1 Å². The van der Waals surface area contributed by atoms with Gasteiger partial charge in [0.25, 0.3) is 0 Å². The van der Waals surface area contributed by atoms with Crippen molar-refractivity contribution < 1.29 is 4.79 Å². The fourth-order valence-corrected chi connectivity index (χ4v) is 2.82. The summed E-state index contributed by atoms with van der Waals surface area (Å²) in [7, 11) is 1.99. The molecule has 0 aliphatic rings. The van der Waals surface area contributed by atoms with Crippen molar-refractivity contribution in [2.45, 2.75) is 0 Å². The van der Waals surface area contributed by atoms with Gasteiger partial charge in [0.1, 0.15) is 5.82 Å². The van der Waals surface area contributed by atoms with Gasteiger partial charge in [-0.15, -0.1) is 0 Å². The second-order valence-electron chi connectivity index (χ2n) is 5.80. The highest BCUT2D eigenvalue weighted by molar-refractivity contribution is 6.01. The molecule has 0 aliphatic carbocycles. The molecule has 0 aliphatic heterocycles. The van der Waals surface area contributed by atoms with E-state index in [0.29, 0.717) is 5.69 Å². The number of aromatic nitrogens is 3. The average Bonchev–Trinajstić information content (AvgIpc) is 3.25. The molecule has 6 nitrogen and oxygen atoms in total. The molecule has 25 heavy (non-hydrogen) atoms. The van der Waals surface area contributed by atoms with E-state index in [1.165, 1.54) is 0 Å². The van der Waals surface area contributed by atoms with Crippen molar-refractivity contribution >= 4 is 28.3 Å². The number of hydrogen-bond donors (Lipinski definition) is 3. The summed E-state index contributed by atoms with van der Waals surface area (Å²) in [5.41, 5.74) is 3.48. The number of imidazole rings is 1. The third-order valence-corrected chi connectivity index (χ3v) is 4.04. The number of carbonyl (C=O) groups excluding carboxylic acids is 1. The highest BCUT2D eigenvalue weighted by Gasteiger charge is 2.06. The van der Waals surface area contributed by atoms with E-state index in [9.17, 15) is 4.79 Å². The van der Waals surface area contributed by atoms with Gasteiger partial charge in [-0.1, -0.05) is 12.1 Å². The molecule has 4 aromatic rings. The van der Waals surface area contributed by atoms with E-state index in [4.69, 9.17) is 0 Å². The topological polar surface area (TPSA) is 74.7 Å². The van der Waals surface area contributed by atoms with Gasteiger partial charge in [-0.05, 0) is 36.4 Å². The van der Waals surface area contributed by atoms with Gasteiger partial charge < -0.3 is 20.2 Å². The Morgan fingerprint density at radius 3 is 2.72 bits per heavy atom. The molecule has 124 valence electrons. The van der Waals surface area contributed by atoms with Crippen molar-refractivity contribution in [1.82, 2.24) is 14.5 Å². The molecule has 2 heterocycles. The Bertz CT molecular complexity index is 1030. The number of H-pyrrole nitrogens is 1. The minimum absolute atomic E-state index is 0.285. The van der Waals surface area contributed by atoms with Crippen LogP contribution in [-0.2, 0) is 7.05 Å².